The van der Waals surface area contributed by atoms with Crippen LogP contribution >= 0.6 is 0 Å². The highest BCUT2D eigenvalue weighted by Gasteiger charge is 2.36. The fourth-order valence-corrected chi connectivity index (χ4v) is 6.53. The molecule has 0 fully saturated rings. The number of nitrogens with one attached hydrogen (secondary N) is 3. The van der Waals surface area contributed by atoms with Crippen molar-refractivity contribution in [2.24, 2.45) is 0 Å². The van der Waals surface area contributed by atoms with E-state index in [1.54, 1.807) is 45.2 Å². The van der Waals surface area contributed by atoms with Gasteiger partial charge in [-0.3, -0.25) is 19.2 Å². The maximum absolute atomic E-state index is 13.9. The number of fused-ring (bicyclic) bond motifs is 4. The van der Waals surface area contributed by atoms with Gasteiger partial charge in [-0.15, -0.1) is 0 Å². The van der Waals surface area contributed by atoms with Crippen LogP contribution in [-0.2, 0) is 33.8 Å². The SMILES string of the molecule is CNC(=O)[C@@H]1Cc2ccccc2CN1C(=O)[C@H](C)Nc1ccc2c(cc1=O)[C@@H](NC(C)=O)CCc1cc(OC)c(OC)c(OC)c1-2. The van der Waals surface area contributed by atoms with Crippen molar-refractivity contribution in [3.63, 3.8) is 0 Å². The summed E-state index contributed by atoms with van der Waals surface area (Å²) in [5.74, 6) is 0.576. The quantitative estimate of drug-likeness (QED) is 0.346. The fraction of sp³-hybridized carbons (Fsp3) is 0.371. The highest BCUT2D eigenvalue weighted by Crippen LogP contribution is 2.50. The molecule has 3 atom stereocenters. The highest BCUT2D eigenvalue weighted by atomic mass is 16.5. The van der Waals surface area contributed by atoms with E-state index in [1.165, 1.54) is 20.1 Å². The number of carbonyl (C=O) groups excluding carboxylic acids is 3. The van der Waals surface area contributed by atoms with Crippen LogP contribution in [0.15, 0.2) is 53.3 Å². The van der Waals surface area contributed by atoms with Gasteiger partial charge in [-0.2, -0.15) is 0 Å². The lowest BCUT2D eigenvalue weighted by Crippen LogP contribution is -2.55. The number of hydrogen-bond acceptors (Lipinski definition) is 8. The molecule has 2 aliphatic rings. The van der Waals surface area contributed by atoms with E-state index in [9.17, 15) is 19.2 Å². The van der Waals surface area contributed by atoms with E-state index in [0.29, 0.717) is 47.6 Å². The molecule has 3 aromatic rings. The van der Waals surface area contributed by atoms with Crippen LogP contribution in [0.4, 0.5) is 5.69 Å². The van der Waals surface area contributed by atoms with Crippen molar-refractivity contribution in [1.82, 2.24) is 15.5 Å². The summed E-state index contributed by atoms with van der Waals surface area (Å²) in [5.41, 5.74) is 4.78. The number of nitrogens with zero attached hydrogens (tertiary/aromatic N) is 1. The molecule has 1 aliphatic heterocycles. The van der Waals surface area contributed by atoms with Crippen LogP contribution in [0.25, 0.3) is 11.1 Å². The third-order valence-corrected chi connectivity index (χ3v) is 8.74. The molecule has 0 bridgehead atoms. The minimum absolute atomic E-state index is 0.199. The zero-order valence-corrected chi connectivity index (χ0v) is 27.0. The van der Waals surface area contributed by atoms with Gasteiger partial charge < -0.3 is 35.1 Å². The van der Waals surface area contributed by atoms with Crippen molar-refractivity contribution in [2.45, 2.75) is 57.8 Å². The topological polar surface area (TPSA) is 135 Å². The number of aryl methyl sites for hydroxylation is 1. The first-order valence-electron chi connectivity index (χ1n) is 15.2. The predicted octanol–water partition coefficient (Wildman–Crippen LogP) is 3.36. The Bertz CT molecular complexity index is 1740. The van der Waals surface area contributed by atoms with Crippen molar-refractivity contribution in [1.29, 1.82) is 0 Å². The molecule has 11 nitrogen and oxygen atoms in total. The highest BCUT2D eigenvalue weighted by molar-refractivity contribution is 5.91. The minimum Gasteiger partial charge on any atom is -0.493 e. The molecular weight excluding hydrogens is 588 g/mol. The van der Waals surface area contributed by atoms with E-state index >= 15 is 0 Å². The maximum atomic E-state index is 13.9. The smallest absolute Gasteiger partial charge is 0.245 e. The van der Waals surface area contributed by atoms with E-state index in [-0.39, 0.29) is 35.4 Å². The lowest BCUT2D eigenvalue weighted by molar-refractivity contribution is -0.142. The Balaban J connectivity index is 1.56. The van der Waals surface area contributed by atoms with Crippen LogP contribution in [0.2, 0.25) is 0 Å². The lowest BCUT2D eigenvalue weighted by Gasteiger charge is -2.37. The molecule has 0 saturated carbocycles. The van der Waals surface area contributed by atoms with Crippen LogP contribution in [0.1, 0.15) is 48.6 Å². The average molecular weight is 629 g/mol. The Hall–Kier alpha value is -5.06. The summed E-state index contributed by atoms with van der Waals surface area (Å²) < 4.78 is 17.1. The molecule has 1 heterocycles. The first-order chi connectivity index (χ1) is 22.1. The molecule has 0 saturated heterocycles. The molecular formula is C35H40N4O7. The minimum atomic E-state index is -0.829. The second-order valence-electron chi connectivity index (χ2n) is 11.5. The van der Waals surface area contributed by atoms with Crippen molar-refractivity contribution in [3.8, 4) is 28.4 Å². The number of benzene rings is 2. The Morgan fingerprint density at radius 2 is 1.65 bits per heavy atom. The van der Waals surface area contributed by atoms with Gasteiger partial charge in [-0.05, 0) is 65.8 Å². The Morgan fingerprint density at radius 3 is 2.30 bits per heavy atom. The summed E-state index contributed by atoms with van der Waals surface area (Å²) >= 11 is 0. The normalized spacial score (nSPS) is 17.2. The van der Waals surface area contributed by atoms with Gasteiger partial charge in [0.05, 0.1) is 33.1 Å². The molecule has 242 valence electrons. The van der Waals surface area contributed by atoms with Crippen molar-refractivity contribution in [3.05, 3.63) is 81.0 Å². The van der Waals surface area contributed by atoms with Gasteiger partial charge in [0.1, 0.15) is 12.1 Å². The van der Waals surface area contributed by atoms with Gasteiger partial charge in [-0.25, -0.2) is 0 Å². The van der Waals surface area contributed by atoms with Gasteiger partial charge in [0.15, 0.2) is 11.5 Å². The van der Waals surface area contributed by atoms with Crippen molar-refractivity contribution < 1.29 is 28.6 Å². The Morgan fingerprint density at radius 1 is 0.935 bits per heavy atom. The molecule has 0 radical (unpaired) electrons. The Kier molecular flexibility index (Phi) is 9.50. The first-order valence-corrected chi connectivity index (χ1v) is 15.2. The van der Waals surface area contributed by atoms with Gasteiger partial charge in [-0.1, -0.05) is 30.3 Å². The number of anilines is 1. The van der Waals surface area contributed by atoms with Crippen LogP contribution < -0.4 is 35.6 Å². The monoisotopic (exact) mass is 628 g/mol. The standard InChI is InChI=1S/C35H40N4O7/c1-19(35(43)39-18-23-10-8-7-9-21(23)15-28(39)34(42)36-3)37-27-14-12-24-25(17-29(27)41)26(38-20(2)40)13-11-22-16-30(44-4)32(45-5)33(46-6)31(22)24/h7-10,12,14,16-17,19,26,28H,11,13,15,18H2,1-6H3,(H,36,42)(H,37,41)(H,38,40)/t19-,26-,28-/m0/s1. The average Bonchev–Trinajstić information content (AvgIpc) is 3.30. The number of likely N-dealkylation sites (N-methyl/N-ethyl adjacent to an activating group) is 1. The van der Waals surface area contributed by atoms with E-state index < -0.39 is 18.1 Å². The molecule has 3 aromatic carbocycles. The van der Waals surface area contributed by atoms with Crippen LogP contribution in [-0.4, -0.2) is 63.1 Å². The molecule has 11 heteroatoms. The zero-order valence-electron chi connectivity index (χ0n) is 27.0. The molecule has 46 heavy (non-hydrogen) atoms. The third-order valence-electron chi connectivity index (χ3n) is 8.74. The van der Waals surface area contributed by atoms with E-state index in [0.717, 1.165) is 22.3 Å². The molecule has 5 rings (SSSR count). The summed E-state index contributed by atoms with van der Waals surface area (Å²) in [7, 11) is 6.18. The maximum Gasteiger partial charge on any atom is 0.245 e. The van der Waals surface area contributed by atoms with E-state index in [1.807, 2.05) is 30.3 Å². The van der Waals surface area contributed by atoms with Gasteiger partial charge >= 0.3 is 0 Å². The summed E-state index contributed by atoms with van der Waals surface area (Å²) in [6.07, 6.45) is 1.50. The van der Waals surface area contributed by atoms with Crippen LogP contribution in [0.3, 0.4) is 0 Å². The van der Waals surface area contributed by atoms with Gasteiger partial charge in [0.2, 0.25) is 28.9 Å². The molecule has 0 unspecified atom stereocenters. The van der Waals surface area contributed by atoms with E-state index in [2.05, 4.69) is 16.0 Å². The molecule has 1 aliphatic carbocycles. The zero-order chi connectivity index (χ0) is 33.1. The molecule has 3 amide bonds. The number of ether oxygens (including phenoxy) is 3. The lowest BCUT2D eigenvalue weighted by atomic mass is 9.93. The molecule has 0 aromatic heterocycles. The predicted molar refractivity (Wildman–Crippen MR) is 174 cm³/mol. The second-order valence-corrected chi connectivity index (χ2v) is 11.5. The molecule has 0 spiro atoms. The summed E-state index contributed by atoms with van der Waals surface area (Å²) in [5, 5.41) is 8.80. The largest absolute Gasteiger partial charge is 0.493 e. The number of rotatable bonds is 8. The van der Waals surface area contributed by atoms with Crippen LogP contribution in [0.5, 0.6) is 17.2 Å². The third kappa shape index (κ3) is 6.09. The van der Waals surface area contributed by atoms with Crippen LogP contribution in [0, 0.1) is 0 Å². The van der Waals surface area contributed by atoms with Crippen molar-refractivity contribution >= 4 is 23.4 Å². The van der Waals surface area contributed by atoms with E-state index in [4.69, 9.17) is 14.2 Å². The van der Waals surface area contributed by atoms with Crippen molar-refractivity contribution in [2.75, 3.05) is 33.7 Å². The number of methoxy groups -OCH3 is 3. The first kappa shape index (κ1) is 32.3. The number of amides is 3. The summed E-state index contributed by atoms with van der Waals surface area (Å²) in [6.45, 7) is 3.40. The van der Waals surface area contributed by atoms with Gasteiger partial charge in [0.25, 0.3) is 0 Å². The second kappa shape index (κ2) is 13.5. The Labute approximate surface area is 268 Å². The summed E-state index contributed by atoms with van der Waals surface area (Å²) in [6, 6.07) is 12.6. The number of carbonyl (C=O) groups is 3. The van der Waals surface area contributed by atoms with Gasteiger partial charge in [0, 0.05) is 32.5 Å². The fourth-order valence-electron chi connectivity index (χ4n) is 6.53. The summed E-state index contributed by atoms with van der Waals surface area (Å²) in [4.78, 5) is 54.4. The number of hydrogen-bond donors (Lipinski definition) is 3. The molecule has 3 N–H and O–H groups in total.